The first-order valence-electron chi connectivity index (χ1n) is 11.3. The van der Waals surface area contributed by atoms with Crippen molar-refractivity contribution in [2.45, 2.75) is 32.9 Å². The Balaban J connectivity index is 1.48. The third-order valence-electron chi connectivity index (χ3n) is 5.61. The molecule has 0 bridgehead atoms. The van der Waals surface area contributed by atoms with Gasteiger partial charge in [0.05, 0.1) is 24.7 Å². The fraction of sp³-hybridized carbons (Fsp3) is 0.250. The largest absolute Gasteiger partial charge is 0.493 e. The van der Waals surface area contributed by atoms with Crippen LogP contribution in [0.3, 0.4) is 0 Å². The molecule has 0 aliphatic carbocycles. The van der Waals surface area contributed by atoms with Gasteiger partial charge in [0, 0.05) is 0 Å². The van der Waals surface area contributed by atoms with E-state index < -0.39 is 0 Å². The first-order chi connectivity index (χ1) is 16.2. The van der Waals surface area contributed by atoms with Crippen molar-refractivity contribution in [3.05, 3.63) is 96.3 Å². The molecule has 0 aliphatic heterocycles. The lowest BCUT2D eigenvalue weighted by Gasteiger charge is -2.14. The predicted molar refractivity (Wildman–Crippen MR) is 132 cm³/mol. The van der Waals surface area contributed by atoms with E-state index in [0.29, 0.717) is 19.8 Å². The van der Waals surface area contributed by atoms with E-state index in [-0.39, 0.29) is 0 Å². The summed E-state index contributed by atoms with van der Waals surface area (Å²) in [6.45, 7) is 7.46. The van der Waals surface area contributed by atoms with Crippen LogP contribution in [0, 0.1) is 0 Å². The van der Waals surface area contributed by atoms with Gasteiger partial charge in [-0.15, -0.1) is 6.58 Å². The maximum Gasteiger partial charge on any atom is 0.161 e. The number of imidazole rings is 1. The zero-order valence-electron chi connectivity index (χ0n) is 19.3. The number of aryl methyl sites for hydroxylation is 1. The van der Waals surface area contributed by atoms with Gasteiger partial charge in [-0.2, -0.15) is 0 Å². The summed E-state index contributed by atoms with van der Waals surface area (Å²) in [6.07, 6.45) is 3.68. The van der Waals surface area contributed by atoms with Crippen molar-refractivity contribution >= 4 is 11.0 Å². The number of hydrogen-bond donors (Lipinski definition) is 0. The molecule has 0 N–H and O–H groups in total. The monoisotopic (exact) mass is 442 g/mol. The van der Waals surface area contributed by atoms with Crippen LogP contribution in [0.2, 0.25) is 0 Å². The predicted octanol–water partition coefficient (Wildman–Crippen LogP) is 5.99. The molecule has 4 rings (SSSR count). The molecule has 0 amide bonds. The van der Waals surface area contributed by atoms with Crippen LogP contribution in [-0.2, 0) is 26.0 Å². The summed E-state index contributed by atoms with van der Waals surface area (Å²) in [4.78, 5) is 4.80. The van der Waals surface area contributed by atoms with E-state index in [1.54, 1.807) is 7.11 Å². The van der Waals surface area contributed by atoms with Crippen molar-refractivity contribution in [2.24, 2.45) is 0 Å². The summed E-state index contributed by atoms with van der Waals surface area (Å²) in [6, 6.07) is 22.3. The van der Waals surface area contributed by atoms with E-state index in [9.17, 15) is 0 Å². The van der Waals surface area contributed by atoms with Crippen LogP contribution in [0.1, 0.15) is 23.9 Å². The van der Waals surface area contributed by atoms with Gasteiger partial charge < -0.3 is 18.8 Å². The van der Waals surface area contributed by atoms with Gasteiger partial charge in [-0.25, -0.2) is 4.98 Å². The number of methoxy groups -OCH3 is 1. The number of aromatic nitrogens is 2. The van der Waals surface area contributed by atoms with Gasteiger partial charge in [0.25, 0.3) is 0 Å². The lowest BCUT2D eigenvalue weighted by molar-refractivity contribution is 0.264. The van der Waals surface area contributed by atoms with E-state index in [1.165, 1.54) is 5.56 Å². The number of para-hydroxylation sites is 2. The van der Waals surface area contributed by atoms with Crippen molar-refractivity contribution in [1.82, 2.24) is 9.55 Å². The number of allylic oxidation sites excluding steroid dienone is 1. The van der Waals surface area contributed by atoms with Crippen LogP contribution in [0.4, 0.5) is 0 Å². The van der Waals surface area contributed by atoms with E-state index in [0.717, 1.165) is 52.5 Å². The molecule has 1 aromatic heterocycles. The molecular weight excluding hydrogens is 412 g/mol. The maximum absolute atomic E-state index is 6.09. The standard InChI is InChI=1S/C28H30N2O3/c1-4-8-22-13-16-26(27(19-22)31-3)32-18-17-30-25-10-7-6-9-24(25)29-28(30)20-33-23-14-11-21(5-2)12-15-23/h4,6-7,9-16,19H,1,5,8,17-18,20H2,2-3H3. The third-order valence-corrected chi connectivity index (χ3v) is 5.61. The minimum absolute atomic E-state index is 0.389. The van der Waals surface area contributed by atoms with Gasteiger partial charge in [-0.1, -0.05) is 43.3 Å². The van der Waals surface area contributed by atoms with Crippen LogP contribution in [-0.4, -0.2) is 23.3 Å². The molecule has 0 fully saturated rings. The van der Waals surface area contributed by atoms with E-state index in [4.69, 9.17) is 19.2 Å². The molecule has 0 radical (unpaired) electrons. The average molecular weight is 443 g/mol. The van der Waals surface area contributed by atoms with Gasteiger partial charge in [0.2, 0.25) is 0 Å². The molecule has 0 saturated carbocycles. The Morgan fingerprint density at radius 3 is 2.48 bits per heavy atom. The van der Waals surface area contributed by atoms with Crippen LogP contribution < -0.4 is 14.2 Å². The first kappa shape index (κ1) is 22.5. The summed E-state index contributed by atoms with van der Waals surface area (Å²) in [5.41, 5.74) is 4.44. The van der Waals surface area contributed by atoms with E-state index in [2.05, 4.69) is 36.3 Å². The lowest BCUT2D eigenvalue weighted by Crippen LogP contribution is -2.13. The number of fused-ring (bicyclic) bond motifs is 1. The Morgan fingerprint density at radius 1 is 0.939 bits per heavy atom. The SMILES string of the molecule is C=CCc1ccc(OCCn2c(COc3ccc(CC)cc3)nc3ccccc32)c(OC)c1. The normalized spacial score (nSPS) is 10.8. The Bertz CT molecular complexity index is 1210. The molecule has 1 heterocycles. The van der Waals surface area contributed by atoms with E-state index >= 15 is 0 Å². The second kappa shape index (κ2) is 10.7. The molecule has 4 aromatic rings. The summed E-state index contributed by atoms with van der Waals surface area (Å²) in [5.74, 6) is 3.16. The molecule has 33 heavy (non-hydrogen) atoms. The second-order valence-corrected chi connectivity index (χ2v) is 7.78. The molecular formula is C28H30N2O3. The minimum atomic E-state index is 0.389. The molecule has 0 atom stereocenters. The highest BCUT2D eigenvalue weighted by Gasteiger charge is 2.12. The zero-order valence-corrected chi connectivity index (χ0v) is 19.3. The number of ether oxygens (including phenoxy) is 3. The minimum Gasteiger partial charge on any atom is -0.493 e. The summed E-state index contributed by atoms with van der Waals surface area (Å²) < 4.78 is 19.8. The number of rotatable bonds is 11. The fourth-order valence-electron chi connectivity index (χ4n) is 3.83. The van der Waals surface area contributed by atoms with Gasteiger partial charge in [-0.05, 0) is 60.4 Å². The Morgan fingerprint density at radius 2 is 1.73 bits per heavy atom. The van der Waals surface area contributed by atoms with Crippen molar-refractivity contribution in [3.8, 4) is 17.2 Å². The second-order valence-electron chi connectivity index (χ2n) is 7.78. The summed E-state index contributed by atoms with van der Waals surface area (Å²) in [7, 11) is 1.66. The molecule has 0 spiro atoms. The van der Waals surface area contributed by atoms with Gasteiger partial charge in [0.15, 0.2) is 11.5 Å². The Hall–Kier alpha value is -3.73. The average Bonchev–Trinajstić information content (AvgIpc) is 3.21. The highest BCUT2D eigenvalue weighted by molar-refractivity contribution is 5.75. The number of hydrogen-bond acceptors (Lipinski definition) is 4. The van der Waals surface area contributed by atoms with Crippen LogP contribution in [0.5, 0.6) is 17.2 Å². The van der Waals surface area contributed by atoms with Crippen molar-refractivity contribution in [1.29, 1.82) is 0 Å². The quantitative estimate of drug-likeness (QED) is 0.268. The summed E-state index contributed by atoms with van der Waals surface area (Å²) >= 11 is 0. The number of benzene rings is 3. The fourth-order valence-corrected chi connectivity index (χ4v) is 3.83. The third kappa shape index (κ3) is 5.37. The van der Waals surface area contributed by atoms with Gasteiger partial charge in [-0.3, -0.25) is 0 Å². The first-order valence-corrected chi connectivity index (χ1v) is 11.3. The molecule has 5 nitrogen and oxygen atoms in total. The molecule has 170 valence electrons. The van der Waals surface area contributed by atoms with E-state index in [1.807, 2.05) is 54.6 Å². The Labute approximate surface area is 195 Å². The highest BCUT2D eigenvalue weighted by Crippen LogP contribution is 2.28. The van der Waals surface area contributed by atoms with Gasteiger partial charge in [0.1, 0.15) is 24.8 Å². The molecule has 5 heteroatoms. The van der Waals surface area contributed by atoms with Crippen LogP contribution in [0.15, 0.2) is 79.4 Å². The maximum atomic E-state index is 6.09. The van der Waals surface area contributed by atoms with Crippen molar-refractivity contribution in [3.63, 3.8) is 0 Å². The van der Waals surface area contributed by atoms with Crippen LogP contribution in [0.25, 0.3) is 11.0 Å². The molecule has 0 saturated heterocycles. The van der Waals surface area contributed by atoms with Crippen LogP contribution >= 0.6 is 0 Å². The topological polar surface area (TPSA) is 45.5 Å². The lowest BCUT2D eigenvalue weighted by atomic mass is 10.1. The zero-order chi connectivity index (χ0) is 23.0. The molecule has 3 aromatic carbocycles. The highest BCUT2D eigenvalue weighted by atomic mass is 16.5. The van der Waals surface area contributed by atoms with Crippen molar-refractivity contribution < 1.29 is 14.2 Å². The van der Waals surface area contributed by atoms with Crippen molar-refractivity contribution in [2.75, 3.05) is 13.7 Å². The molecule has 0 unspecified atom stereocenters. The number of nitrogens with zero attached hydrogens (tertiary/aromatic N) is 2. The molecule has 0 aliphatic rings. The summed E-state index contributed by atoms with van der Waals surface area (Å²) in [5, 5.41) is 0. The Kier molecular flexibility index (Phi) is 7.30. The smallest absolute Gasteiger partial charge is 0.161 e. The van der Waals surface area contributed by atoms with Gasteiger partial charge >= 0.3 is 0 Å².